The highest BCUT2D eigenvalue weighted by Crippen LogP contribution is 2.38. The number of alkyl halides is 3. The predicted octanol–water partition coefficient (Wildman–Crippen LogP) is 3.03. The summed E-state index contributed by atoms with van der Waals surface area (Å²) in [6.07, 6.45) is -4.76. The summed E-state index contributed by atoms with van der Waals surface area (Å²) in [5.41, 5.74) is 5.90. The molecular weight excluding hydrogens is 311 g/mol. The molecule has 0 bridgehead atoms. The van der Waals surface area contributed by atoms with Crippen LogP contribution >= 0.6 is 12.4 Å². The van der Waals surface area contributed by atoms with E-state index in [1.54, 1.807) is 13.8 Å². The first-order valence-corrected chi connectivity index (χ1v) is 5.91. The maximum atomic E-state index is 12.2. The van der Waals surface area contributed by atoms with Gasteiger partial charge in [0.05, 0.1) is 7.11 Å². The van der Waals surface area contributed by atoms with Gasteiger partial charge in [0, 0.05) is 29.7 Å². The van der Waals surface area contributed by atoms with E-state index in [1.165, 1.54) is 19.2 Å². The van der Waals surface area contributed by atoms with Crippen molar-refractivity contribution in [1.82, 2.24) is 0 Å². The van der Waals surface area contributed by atoms with Gasteiger partial charge in [-0.15, -0.1) is 25.6 Å². The van der Waals surface area contributed by atoms with Gasteiger partial charge in [0.2, 0.25) is 0 Å². The molecule has 1 atom stereocenters. The van der Waals surface area contributed by atoms with Gasteiger partial charge < -0.3 is 20.3 Å². The van der Waals surface area contributed by atoms with Crippen LogP contribution in [0.4, 0.5) is 13.2 Å². The van der Waals surface area contributed by atoms with Crippen molar-refractivity contribution >= 4 is 12.4 Å². The van der Waals surface area contributed by atoms with E-state index in [1.807, 2.05) is 0 Å². The van der Waals surface area contributed by atoms with Crippen LogP contribution in [0.2, 0.25) is 0 Å². The molecular formula is C13H19ClF3NO3. The second kappa shape index (κ2) is 7.20. The van der Waals surface area contributed by atoms with Crippen LogP contribution < -0.4 is 15.2 Å². The number of aliphatic hydroxyl groups is 1. The lowest BCUT2D eigenvalue weighted by molar-refractivity contribution is -0.274. The Kier molecular flexibility index (Phi) is 6.79. The topological polar surface area (TPSA) is 64.7 Å². The van der Waals surface area contributed by atoms with Crippen LogP contribution in [0.1, 0.15) is 25.5 Å². The summed E-state index contributed by atoms with van der Waals surface area (Å²) in [7, 11) is 1.33. The Morgan fingerprint density at radius 2 is 1.86 bits per heavy atom. The van der Waals surface area contributed by atoms with Crippen LogP contribution in [0.3, 0.4) is 0 Å². The number of ether oxygens (including phenoxy) is 2. The van der Waals surface area contributed by atoms with E-state index >= 15 is 0 Å². The second-order valence-electron chi connectivity index (χ2n) is 5.08. The number of nitrogens with two attached hydrogens (primary N) is 1. The molecule has 3 N–H and O–H groups in total. The molecule has 0 aliphatic heterocycles. The van der Waals surface area contributed by atoms with Crippen LogP contribution in [0, 0.1) is 5.41 Å². The van der Waals surface area contributed by atoms with Gasteiger partial charge in [-0.05, 0) is 6.07 Å². The van der Waals surface area contributed by atoms with Crippen molar-refractivity contribution in [3.8, 4) is 11.5 Å². The zero-order valence-corrected chi connectivity index (χ0v) is 12.7. The first-order chi connectivity index (χ1) is 9.10. The summed E-state index contributed by atoms with van der Waals surface area (Å²) in [6.45, 7) is 3.33. The van der Waals surface area contributed by atoms with Crippen molar-refractivity contribution in [2.24, 2.45) is 11.1 Å². The average molecular weight is 330 g/mol. The summed E-state index contributed by atoms with van der Waals surface area (Å²) in [4.78, 5) is 0. The molecule has 0 aromatic heterocycles. The van der Waals surface area contributed by atoms with Crippen molar-refractivity contribution < 1.29 is 27.8 Å². The normalized spacial score (nSPS) is 13.3. The van der Waals surface area contributed by atoms with E-state index < -0.39 is 17.8 Å². The Labute approximate surface area is 127 Å². The fraction of sp³-hybridized carbons (Fsp3) is 0.538. The van der Waals surface area contributed by atoms with Gasteiger partial charge in [-0.25, -0.2) is 0 Å². The fourth-order valence-electron chi connectivity index (χ4n) is 1.66. The molecule has 0 aliphatic rings. The molecule has 1 aromatic carbocycles. The minimum Gasteiger partial charge on any atom is -0.496 e. The zero-order valence-electron chi connectivity index (χ0n) is 11.9. The second-order valence-corrected chi connectivity index (χ2v) is 5.08. The SMILES string of the molecule is COc1cc(OC(F)(F)F)ccc1[C@@H](N)C(C)(C)CO.Cl. The number of halogens is 4. The van der Waals surface area contributed by atoms with Gasteiger partial charge in [-0.3, -0.25) is 0 Å². The lowest BCUT2D eigenvalue weighted by Crippen LogP contribution is -2.32. The summed E-state index contributed by atoms with van der Waals surface area (Å²) < 4.78 is 45.4. The standard InChI is InChI=1S/C13H18F3NO3.ClH/c1-12(2,7-18)11(17)9-5-4-8(6-10(9)19-3)20-13(14,15)16;/h4-6,11,18H,7,17H2,1-3H3;1H/t11-;/m1./s1. The number of rotatable bonds is 5. The minimum absolute atomic E-state index is 0. The molecule has 0 spiro atoms. The minimum atomic E-state index is -4.76. The number of aliphatic hydroxyl groups excluding tert-OH is 1. The van der Waals surface area contributed by atoms with E-state index in [0.717, 1.165) is 6.07 Å². The van der Waals surface area contributed by atoms with Crippen LogP contribution in [0.15, 0.2) is 18.2 Å². The van der Waals surface area contributed by atoms with E-state index in [2.05, 4.69) is 4.74 Å². The van der Waals surface area contributed by atoms with Gasteiger partial charge in [0.1, 0.15) is 11.5 Å². The number of hydrogen-bond donors (Lipinski definition) is 2. The Hall–Kier alpha value is -1.18. The van der Waals surface area contributed by atoms with E-state index in [-0.39, 0.29) is 30.5 Å². The third kappa shape index (κ3) is 5.26. The predicted molar refractivity (Wildman–Crippen MR) is 74.7 cm³/mol. The van der Waals surface area contributed by atoms with Crippen molar-refractivity contribution in [2.45, 2.75) is 26.3 Å². The zero-order chi connectivity index (χ0) is 15.6. The van der Waals surface area contributed by atoms with Gasteiger partial charge in [0.25, 0.3) is 0 Å². The Morgan fingerprint density at radius 3 is 2.29 bits per heavy atom. The molecule has 0 saturated carbocycles. The number of benzene rings is 1. The molecule has 0 amide bonds. The van der Waals surface area contributed by atoms with Gasteiger partial charge >= 0.3 is 6.36 Å². The Balaban J connectivity index is 0.00000400. The van der Waals surface area contributed by atoms with Gasteiger partial charge in [0.15, 0.2) is 0 Å². The lowest BCUT2D eigenvalue weighted by atomic mass is 9.81. The highest BCUT2D eigenvalue weighted by Gasteiger charge is 2.33. The van der Waals surface area contributed by atoms with Crippen molar-refractivity contribution in [3.63, 3.8) is 0 Å². The molecule has 0 saturated heterocycles. The third-order valence-corrected chi connectivity index (χ3v) is 3.02. The molecule has 21 heavy (non-hydrogen) atoms. The highest BCUT2D eigenvalue weighted by atomic mass is 35.5. The van der Waals surface area contributed by atoms with Crippen LogP contribution in [0.25, 0.3) is 0 Å². The van der Waals surface area contributed by atoms with Crippen molar-refractivity contribution in [2.75, 3.05) is 13.7 Å². The molecule has 0 heterocycles. The summed E-state index contributed by atoms with van der Waals surface area (Å²) >= 11 is 0. The summed E-state index contributed by atoms with van der Waals surface area (Å²) in [5, 5.41) is 9.30. The fourth-order valence-corrected chi connectivity index (χ4v) is 1.66. The summed E-state index contributed by atoms with van der Waals surface area (Å²) in [5.74, 6) is -0.201. The smallest absolute Gasteiger partial charge is 0.496 e. The average Bonchev–Trinajstić information content (AvgIpc) is 2.35. The summed E-state index contributed by atoms with van der Waals surface area (Å²) in [6, 6.07) is 3.10. The Morgan fingerprint density at radius 1 is 1.29 bits per heavy atom. The van der Waals surface area contributed by atoms with Crippen molar-refractivity contribution in [3.05, 3.63) is 23.8 Å². The van der Waals surface area contributed by atoms with Crippen LogP contribution in [-0.2, 0) is 0 Å². The van der Waals surface area contributed by atoms with Crippen LogP contribution in [-0.4, -0.2) is 25.2 Å². The monoisotopic (exact) mass is 329 g/mol. The molecule has 0 radical (unpaired) electrons. The molecule has 1 rings (SSSR count). The maximum absolute atomic E-state index is 12.2. The highest BCUT2D eigenvalue weighted by molar-refractivity contribution is 5.85. The quantitative estimate of drug-likeness (QED) is 0.871. The van der Waals surface area contributed by atoms with E-state index in [4.69, 9.17) is 10.5 Å². The maximum Gasteiger partial charge on any atom is 0.573 e. The van der Waals surface area contributed by atoms with Gasteiger partial charge in [-0.2, -0.15) is 0 Å². The van der Waals surface area contributed by atoms with E-state index in [0.29, 0.717) is 5.56 Å². The largest absolute Gasteiger partial charge is 0.573 e. The number of hydrogen-bond acceptors (Lipinski definition) is 4. The van der Waals surface area contributed by atoms with Gasteiger partial charge in [-0.1, -0.05) is 19.9 Å². The molecule has 8 heteroatoms. The molecule has 0 unspecified atom stereocenters. The lowest BCUT2D eigenvalue weighted by Gasteiger charge is -2.30. The Bertz CT molecular complexity index is 466. The van der Waals surface area contributed by atoms with E-state index in [9.17, 15) is 18.3 Å². The molecule has 1 aromatic rings. The van der Waals surface area contributed by atoms with Crippen LogP contribution in [0.5, 0.6) is 11.5 Å². The molecule has 4 nitrogen and oxygen atoms in total. The molecule has 122 valence electrons. The third-order valence-electron chi connectivity index (χ3n) is 3.02. The number of methoxy groups -OCH3 is 1. The first kappa shape index (κ1) is 19.8. The van der Waals surface area contributed by atoms with Crippen molar-refractivity contribution in [1.29, 1.82) is 0 Å². The first-order valence-electron chi connectivity index (χ1n) is 5.91. The molecule has 0 aliphatic carbocycles. The molecule has 0 fully saturated rings.